The van der Waals surface area contributed by atoms with Crippen molar-refractivity contribution in [3.63, 3.8) is 0 Å². The number of nitrogens with one attached hydrogen (secondary N) is 1. The summed E-state index contributed by atoms with van der Waals surface area (Å²) >= 11 is 0. The minimum atomic E-state index is 0. The molecule has 122 valence electrons. The zero-order valence-electron chi connectivity index (χ0n) is 12.9. The van der Waals surface area contributed by atoms with Gasteiger partial charge < -0.3 is 15.0 Å². The van der Waals surface area contributed by atoms with Gasteiger partial charge in [0.05, 0.1) is 12.4 Å². The Morgan fingerprint density at radius 3 is 2.35 bits per heavy atom. The lowest BCUT2D eigenvalue weighted by molar-refractivity contribution is 0.303. The number of hydrogen-bond donors (Lipinski definition) is 1. The predicted molar refractivity (Wildman–Crippen MR) is 92.1 cm³/mol. The van der Waals surface area contributed by atoms with Crippen molar-refractivity contribution in [2.45, 2.75) is 6.61 Å². The van der Waals surface area contributed by atoms with Crippen molar-refractivity contribution in [2.75, 3.05) is 31.1 Å². The first-order chi connectivity index (χ1) is 10.9. The molecule has 5 nitrogen and oxygen atoms in total. The fourth-order valence-corrected chi connectivity index (χ4v) is 3.31. The summed E-state index contributed by atoms with van der Waals surface area (Å²) < 4.78 is 5.73. The summed E-state index contributed by atoms with van der Waals surface area (Å²) in [5.74, 6) is 3.03. The second-order valence-corrected chi connectivity index (χ2v) is 6.08. The van der Waals surface area contributed by atoms with Crippen molar-refractivity contribution >= 4 is 18.4 Å². The number of fused-ring (bicyclic) bond motifs is 1. The Kier molecular flexibility index (Phi) is 4.98. The van der Waals surface area contributed by atoms with E-state index in [9.17, 15) is 0 Å². The van der Waals surface area contributed by atoms with Crippen LogP contribution in [0.5, 0.6) is 5.75 Å². The predicted octanol–water partition coefficient (Wildman–Crippen LogP) is 2.13. The Morgan fingerprint density at radius 2 is 1.70 bits per heavy atom. The molecule has 6 heteroatoms. The molecule has 0 amide bonds. The van der Waals surface area contributed by atoms with E-state index >= 15 is 0 Å². The van der Waals surface area contributed by atoms with E-state index in [0.29, 0.717) is 12.4 Å². The highest BCUT2D eigenvalue weighted by Crippen LogP contribution is 2.28. The molecule has 2 aliphatic rings. The summed E-state index contributed by atoms with van der Waals surface area (Å²) in [4.78, 5) is 11.2. The number of ether oxygens (including phenoxy) is 1. The number of anilines is 1. The SMILES string of the molecule is Cl.c1ccc(COc2cnc(N3CC4CNCC4C3)nc2)cc1. The molecule has 0 aliphatic carbocycles. The molecule has 1 aromatic heterocycles. The molecule has 0 saturated carbocycles. The van der Waals surface area contributed by atoms with E-state index in [1.807, 2.05) is 30.3 Å². The zero-order valence-corrected chi connectivity index (χ0v) is 13.7. The summed E-state index contributed by atoms with van der Waals surface area (Å²) in [5.41, 5.74) is 1.14. The first-order valence-electron chi connectivity index (χ1n) is 7.83. The average molecular weight is 333 g/mol. The van der Waals surface area contributed by atoms with Gasteiger partial charge in [0.2, 0.25) is 5.95 Å². The van der Waals surface area contributed by atoms with E-state index in [1.165, 1.54) is 0 Å². The van der Waals surface area contributed by atoms with Crippen molar-refractivity contribution in [1.29, 1.82) is 0 Å². The average Bonchev–Trinajstić information content (AvgIpc) is 3.16. The zero-order chi connectivity index (χ0) is 14.8. The van der Waals surface area contributed by atoms with E-state index in [0.717, 1.165) is 49.5 Å². The summed E-state index contributed by atoms with van der Waals surface area (Å²) in [6.07, 6.45) is 3.55. The van der Waals surface area contributed by atoms with Crippen LogP contribution in [0.15, 0.2) is 42.7 Å². The lowest BCUT2D eigenvalue weighted by Gasteiger charge is -2.17. The Labute approximate surface area is 142 Å². The topological polar surface area (TPSA) is 50.3 Å². The molecule has 1 N–H and O–H groups in total. The molecule has 2 unspecified atom stereocenters. The van der Waals surface area contributed by atoms with Crippen LogP contribution in [0.3, 0.4) is 0 Å². The molecular formula is C17H21ClN4O. The molecule has 3 heterocycles. The maximum Gasteiger partial charge on any atom is 0.225 e. The minimum Gasteiger partial charge on any atom is -0.486 e. The Balaban J connectivity index is 0.00000156. The van der Waals surface area contributed by atoms with Crippen LogP contribution in [0.25, 0.3) is 0 Å². The second kappa shape index (κ2) is 7.15. The molecule has 2 aliphatic heterocycles. The van der Waals surface area contributed by atoms with E-state index in [2.05, 4.69) is 20.2 Å². The maximum atomic E-state index is 5.73. The van der Waals surface area contributed by atoms with Crippen molar-refractivity contribution in [1.82, 2.24) is 15.3 Å². The number of halogens is 1. The first-order valence-corrected chi connectivity index (χ1v) is 7.83. The summed E-state index contributed by atoms with van der Waals surface area (Å²) in [6.45, 7) is 4.91. The molecule has 0 radical (unpaired) electrons. The summed E-state index contributed by atoms with van der Waals surface area (Å²) in [6, 6.07) is 10.1. The Hall–Kier alpha value is -1.85. The number of aromatic nitrogens is 2. The van der Waals surface area contributed by atoms with Crippen LogP contribution in [0.4, 0.5) is 5.95 Å². The lowest BCUT2D eigenvalue weighted by Crippen LogP contribution is -2.26. The van der Waals surface area contributed by atoms with Gasteiger partial charge in [0.1, 0.15) is 6.61 Å². The fraction of sp³-hybridized carbons (Fsp3) is 0.412. The quantitative estimate of drug-likeness (QED) is 0.929. The van der Waals surface area contributed by atoms with Gasteiger partial charge in [-0.2, -0.15) is 0 Å². The summed E-state index contributed by atoms with van der Waals surface area (Å²) in [5, 5.41) is 3.45. The van der Waals surface area contributed by atoms with Gasteiger partial charge in [-0.05, 0) is 17.4 Å². The monoisotopic (exact) mass is 332 g/mol. The van der Waals surface area contributed by atoms with Crippen LogP contribution in [-0.4, -0.2) is 36.1 Å². The lowest BCUT2D eigenvalue weighted by atomic mass is 10.0. The maximum absolute atomic E-state index is 5.73. The van der Waals surface area contributed by atoms with Crippen LogP contribution in [0, 0.1) is 11.8 Å². The van der Waals surface area contributed by atoms with Crippen LogP contribution in [-0.2, 0) is 6.61 Å². The normalized spacial score (nSPS) is 22.5. The van der Waals surface area contributed by atoms with Crippen molar-refractivity contribution in [2.24, 2.45) is 11.8 Å². The molecule has 4 rings (SSSR count). The van der Waals surface area contributed by atoms with Gasteiger partial charge in [-0.1, -0.05) is 30.3 Å². The standard InChI is InChI=1S/C17H20N4O.ClH/c1-2-4-13(5-3-1)12-22-16-8-19-17(20-9-16)21-10-14-6-18-7-15(14)11-21;/h1-5,8-9,14-15,18H,6-7,10-12H2;1H. The molecule has 2 atom stereocenters. The van der Waals surface area contributed by atoms with Gasteiger partial charge >= 0.3 is 0 Å². The molecule has 2 fully saturated rings. The highest BCUT2D eigenvalue weighted by Gasteiger charge is 2.36. The van der Waals surface area contributed by atoms with Crippen molar-refractivity contribution in [3.05, 3.63) is 48.3 Å². The summed E-state index contributed by atoms with van der Waals surface area (Å²) in [7, 11) is 0. The minimum absolute atomic E-state index is 0. The third kappa shape index (κ3) is 3.57. The molecule has 23 heavy (non-hydrogen) atoms. The number of hydrogen-bond acceptors (Lipinski definition) is 5. The third-order valence-corrected chi connectivity index (χ3v) is 4.54. The van der Waals surface area contributed by atoms with Crippen LogP contribution < -0.4 is 15.0 Å². The molecule has 2 aromatic rings. The Bertz CT molecular complexity index is 610. The molecular weight excluding hydrogens is 312 g/mol. The van der Waals surface area contributed by atoms with Gasteiger partial charge in [-0.3, -0.25) is 0 Å². The highest BCUT2D eigenvalue weighted by molar-refractivity contribution is 5.85. The second-order valence-electron chi connectivity index (χ2n) is 6.08. The number of rotatable bonds is 4. The van der Waals surface area contributed by atoms with Gasteiger partial charge in [-0.15, -0.1) is 12.4 Å². The largest absolute Gasteiger partial charge is 0.486 e. The number of nitrogens with zero attached hydrogens (tertiary/aromatic N) is 3. The van der Waals surface area contributed by atoms with Crippen molar-refractivity contribution < 1.29 is 4.74 Å². The molecule has 0 bridgehead atoms. The van der Waals surface area contributed by atoms with Gasteiger partial charge in [0.25, 0.3) is 0 Å². The fourth-order valence-electron chi connectivity index (χ4n) is 3.31. The Morgan fingerprint density at radius 1 is 1.04 bits per heavy atom. The van der Waals surface area contributed by atoms with E-state index in [-0.39, 0.29) is 12.4 Å². The van der Waals surface area contributed by atoms with Gasteiger partial charge in [-0.25, -0.2) is 9.97 Å². The highest BCUT2D eigenvalue weighted by atomic mass is 35.5. The first kappa shape index (κ1) is 16.0. The molecule has 0 spiro atoms. The van der Waals surface area contributed by atoms with Gasteiger partial charge in [0, 0.05) is 26.2 Å². The van der Waals surface area contributed by atoms with E-state index < -0.39 is 0 Å². The van der Waals surface area contributed by atoms with Crippen LogP contribution in [0.2, 0.25) is 0 Å². The van der Waals surface area contributed by atoms with Crippen molar-refractivity contribution in [3.8, 4) is 5.75 Å². The smallest absolute Gasteiger partial charge is 0.225 e. The van der Waals surface area contributed by atoms with Gasteiger partial charge in [0.15, 0.2) is 5.75 Å². The van der Waals surface area contributed by atoms with E-state index in [4.69, 9.17) is 4.74 Å². The van der Waals surface area contributed by atoms with E-state index in [1.54, 1.807) is 12.4 Å². The number of benzene rings is 1. The van der Waals surface area contributed by atoms with Crippen LogP contribution >= 0.6 is 12.4 Å². The molecule has 2 saturated heterocycles. The molecule has 1 aromatic carbocycles. The van der Waals surface area contributed by atoms with Crippen LogP contribution in [0.1, 0.15) is 5.56 Å². The third-order valence-electron chi connectivity index (χ3n) is 4.54.